The summed E-state index contributed by atoms with van der Waals surface area (Å²) < 4.78 is 0. The Hall–Kier alpha value is -1.19. The van der Waals surface area contributed by atoms with Gasteiger partial charge in [0.1, 0.15) is 0 Å². The first-order valence-corrected chi connectivity index (χ1v) is 6.62. The van der Waals surface area contributed by atoms with Gasteiger partial charge >= 0.3 is 0 Å². The number of hydrogen-bond acceptors (Lipinski definition) is 3. The van der Waals surface area contributed by atoms with Crippen LogP contribution in [0.1, 0.15) is 27.0 Å². The Balaban J connectivity index is 2.11. The predicted molar refractivity (Wildman–Crippen MR) is 74.3 cm³/mol. The molecule has 3 heteroatoms. The van der Waals surface area contributed by atoms with Crippen molar-refractivity contribution in [2.75, 3.05) is 32.7 Å². The number of carbonyl (C=O) groups excluding carboxylic acids is 1. The van der Waals surface area contributed by atoms with Gasteiger partial charge in [-0.3, -0.25) is 9.69 Å². The quantitative estimate of drug-likeness (QED) is 0.824. The van der Waals surface area contributed by atoms with Gasteiger partial charge in [0, 0.05) is 31.7 Å². The minimum absolute atomic E-state index is 0.248. The molecule has 3 nitrogen and oxygen atoms in total. The van der Waals surface area contributed by atoms with Crippen molar-refractivity contribution in [3.05, 3.63) is 34.4 Å². The van der Waals surface area contributed by atoms with Crippen molar-refractivity contribution in [1.82, 2.24) is 10.2 Å². The molecule has 0 saturated carbocycles. The van der Waals surface area contributed by atoms with E-state index < -0.39 is 0 Å². The molecule has 0 aromatic heterocycles. The van der Waals surface area contributed by atoms with Gasteiger partial charge in [-0.25, -0.2) is 0 Å². The van der Waals surface area contributed by atoms with E-state index in [1.165, 1.54) is 11.1 Å². The van der Waals surface area contributed by atoms with Crippen molar-refractivity contribution >= 4 is 5.78 Å². The largest absolute Gasteiger partial charge is 0.314 e. The summed E-state index contributed by atoms with van der Waals surface area (Å²) in [6.07, 6.45) is 0. The van der Waals surface area contributed by atoms with Crippen LogP contribution in [0.3, 0.4) is 0 Å². The predicted octanol–water partition coefficient (Wildman–Crippen LogP) is 1.70. The molecule has 0 amide bonds. The molecular formula is C15H22N2O. The summed E-state index contributed by atoms with van der Waals surface area (Å²) in [5.41, 5.74) is 4.51. The van der Waals surface area contributed by atoms with Crippen molar-refractivity contribution in [3.8, 4) is 0 Å². The molecule has 1 heterocycles. The van der Waals surface area contributed by atoms with Crippen LogP contribution in [0.4, 0.5) is 0 Å². The topological polar surface area (TPSA) is 32.3 Å². The first kappa shape index (κ1) is 13.2. The zero-order valence-electron chi connectivity index (χ0n) is 11.5. The molecule has 0 unspecified atom stereocenters. The number of Topliss-reactive ketones (excluding diaryl/α,β-unsaturated/α-hetero) is 1. The van der Waals surface area contributed by atoms with Gasteiger partial charge in [0.25, 0.3) is 0 Å². The number of nitrogens with one attached hydrogen (secondary N) is 1. The maximum absolute atomic E-state index is 12.3. The van der Waals surface area contributed by atoms with Crippen molar-refractivity contribution in [1.29, 1.82) is 0 Å². The van der Waals surface area contributed by atoms with Crippen molar-refractivity contribution < 1.29 is 4.79 Å². The van der Waals surface area contributed by atoms with Crippen LogP contribution in [-0.4, -0.2) is 43.4 Å². The van der Waals surface area contributed by atoms with Crippen molar-refractivity contribution in [3.63, 3.8) is 0 Å². The molecule has 0 atom stereocenters. The smallest absolute Gasteiger partial charge is 0.177 e. The Morgan fingerprint density at radius 2 is 1.83 bits per heavy atom. The first-order chi connectivity index (χ1) is 8.59. The van der Waals surface area contributed by atoms with E-state index in [9.17, 15) is 4.79 Å². The van der Waals surface area contributed by atoms with Crippen LogP contribution in [-0.2, 0) is 0 Å². The van der Waals surface area contributed by atoms with Crippen LogP contribution in [0.15, 0.2) is 12.1 Å². The number of benzene rings is 1. The molecule has 98 valence electrons. The zero-order valence-corrected chi connectivity index (χ0v) is 11.5. The lowest BCUT2D eigenvalue weighted by atomic mass is 9.96. The molecule has 1 N–H and O–H groups in total. The Labute approximate surface area is 109 Å². The maximum Gasteiger partial charge on any atom is 0.177 e. The van der Waals surface area contributed by atoms with E-state index in [-0.39, 0.29) is 5.78 Å². The Morgan fingerprint density at radius 3 is 2.50 bits per heavy atom. The highest BCUT2D eigenvalue weighted by Gasteiger charge is 2.17. The summed E-state index contributed by atoms with van der Waals surface area (Å²) in [6.45, 7) is 10.7. The molecule has 0 bridgehead atoms. The number of piperazine rings is 1. The molecular weight excluding hydrogens is 224 g/mol. The second-order valence-electron chi connectivity index (χ2n) is 5.13. The third-order valence-corrected chi connectivity index (χ3v) is 3.94. The fourth-order valence-electron chi connectivity index (χ4n) is 2.42. The number of rotatable bonds is 3. The summed E-state index contributed by atoms with van der Waals surface area (Å²) >= 11 is 0. The molecule has 18 heavy (non-hydrogen) atoms. The monoisotopic (exact) mass is 246 g/mol. The third kappa shape index (κ3) is 2.79. The molecule has 1 aromatic rings. The second kappa shape index (κ2) is 5.63. The lowest BCUT2D eigenvalue weighted by Crippen LogP contribution is -2.45. The third-order valence-electron chi connectivity index (χ3n) is 3.94. The van der Waals surface area contributed by atoms with Crippen LogP contribution < -0.4 is 5.32 Å². The van der Waals surface area contributed by atoms with Gasteiger partial charge in [0.05, 0.1) is 6.54 Å². The molecule has 1 saturated heterocycles. The number of ketones is 1. The Kier molecular flexibility index (Phi) is 4.15. The average molecular weight is 246 g/mol. The lowest BCUT2D eigenvalue weighted by molar-refractivity contribution is 0.0921. The van der Waals surface area contributed by atoms with Crippen LogP contribution in [0, 0.1) is 20.8 Å². The summed E-state index contributed by atoms with van der Waals surface area (Å²) in [4.78, 5) is 14.6. The molecule has 1 aliphatic rings. The van der Waals surface area contributed by atoms with E-state index in [2.05, 4.69) is 24.1 Å². The highest BCUT2D eigenvalue weighted by Crippen LogP contribution is 2.18. The van der Waals surface area contributed by atoms with E-state index >= 15 is 0 Å². The van der Waals surface area contributed by atoms with Crippen molar-refractivity contribution in [2.45, 2.75) is 20.8 Å². The fourth-order valence-corrected chi connectivity index (χ4v) is 2.42. The highest BCUT2D eigenvalue weighted by molar-refractivity contribution is 5.99. The molecule has 2 rings (SSSR count). The van der Waals surface area contributed by atoms with Gasteiger partial charge in [0.15, 0.2) is 5.78 Å². The van der Waals surface area contributed by atoms with Gasteiger partial charge in [-0.2, -0.15) is 0 Å². The van der Waals surface area contributed by atoms with Crippen LogP contribution >= 0.6 is 0 Å². The van der Waals surface area contributed by atoms with Crippen LogP contribution in [0.25, 0.3) is 0 Å². The van der Waals surface area contributed by atoms with E-state index in [0.29, 0.717) is 6.54 Å². The normalized spacial score (nSPS) is 16.8. The maximum atomic E-state index is 12.3. The summed E-state index contributed by atoms with van der Waals surface area (Å²) in [6, 6.07) is 4.02. The summed E-state index contributed by atoms with van der Waals surface area (Å²) in [5.74, 6) is 0.248. The molecule has 1 aliphatic heterocycles. The fraction of sp³-hybridized carbons (Fsp3) is 0.533. The van der Waals surface area contributed by atoms with Crippen molar-refractivity contribution in [2.24, 2.45) is 0 Å². The van der Waals surface area contributed by atoms with Gasteiger partial charge < -0.3 is 5.32 Å². The van der Waals surface area contributed by atoms with E-state index in [0.717, 1.165) is 37.3 Å². The number of hydrogen-bond donors (Lipinski definition) is 1. The van der Waals surface area contributed by atoms with E-state index in [1.807, 2.05) is 19.1 Å². The number of nitrogens with zero attached hydrogens (tertiary/aromatic N) is 1. The summed E-state index contributed by atoms with van der Waals surface area (Å²) in [7, 11) is 0. The molecule has 0 radical (unpaired) electrons. The molecule has 0 aliphatic carbocycles. The minimum Gasteiger partial charge on any atom is -0.314 e. The molecule has 1 fully saturated rings. The van der Waals surface area contributed by atoms with E-state index in [4.69, 9.17) is 0 Å². The van der Waals surface area contributed by atoms with E-state index in [1.54, 1.807) is 0 Å². The Bertz CT molecular complexity index is 448. The standard InChI is InChI=1S/C15H22N2O/c1-11-4-5-14(13(3)12(11)2)15(18)10-17-8-6-16-7-9-17/h4-5,16H,6-10H2,1-3H3. The second-order valence-corrected chi connectivity index (χ2v) is 5.13. The molecule has 0 spiro atoms. The zero-order chi connectivity index (χ0) is 13.1. The Morgan fingerprint density at radius 1 is 1.17 bits per heavy atom. The van der Waals surface area contributed by atoms with Gasteiger partial charge in [-0.15, -0.1) is 0 Å². The highest BCUT2D eigenvalue weighted by atomic mass is 16.1. The lowest BCUT2D eigenvalue weighted by Gasteiger charge is -2.26. The minimum atomic E-state index is 0.248. The van der Waals surface area contributed by atoms with Crippen LogP contribution in [0.2, 0.25) is 0 Å². The van der Waals surface area contributed by atoms with Gasteiger partial charge in [-0.05, 0) is 37.5 Å². The SMILES string of the molecule is Cc1ccc(C(=O)CN2CCNCC2)c(C)c1C. The number of carbonyl (C=O) groups is 1. The summed E-state index contributed by atoms with van der Waals surface area (Å²) in [5, 5.41) is 3.30. The number of aryl methyl sites for hydroxylation is 1. The van der Waals surface area contributed by atoms with Crippen LogP contribution in [0.5, 0.6) is 0 Å². The van der Waals surface area contributed by atoms with Gasteiger partial charge in [-0.1, -0.05) is 12.1 Å². The van der Waals surface area contributed by atoms with Gasteiger partial charge in [0.2, 0.25) is 0 Å². The first-order valence-electron chi connectivity index (χ1n) is 6.62. The molecule has 1 aromatic carbocycles. The average Bonchev–Trinajstić information content (AvgIpc) is 2.37.